The second kappa shape index (κ2) is 12.1. The molecule has 3 aromatic carbocycles. The fourth-order valence-corrected chi connectivity index (χ4v) is 5.24. The summed E-state index contributed by atoms with van der Waals surface area (Å²) in [5.74, 6) is 1.11. The minimum Gasteiger partial charge on any atom is -0.364 e. The molecule has 12 heteroatoms. The van der Waals surface area contributed by atoms with Crippen LogP contribution in [0.3, 0.4) is 0 Å². The fraction of sp³-hybridized carbons (Fsp3) is 0.226. The van der Waals surface area contributed by atoms with Crippen LogP contribution < -0.4 is 10.2 Å². The summed E-state index contributed by atoms with van der Waals surface area (Å²) in [6, 6.07) is 21.7. The zero-order valence-corrected chi connectivity index (χ0v) is 24.2. The van der Waals surface area contributed by atoms with Gasteiger partial charge in [0.2, 0.25) is 5.95 Å². The molecule has 0 aliphatic carbocycles. The Bertz CT molecular complexity index is 1780. The highest BCUT2D eigenvalue weighted by atomic mass is 35.5. The highest BCUT2D eigenvalue weighted by Gasteiger charge is 2.25. The van der Waals surface area contributed by atoms with Crippen LogP contribution >= 0.6 is 11.6 Å². The molecule has 1 saturated heterocycles. The van der Waals surface area contributed by atoms with E-state index in [1.807, 2.05) is 64.9 Å². The maximum Gasteiger partial charge on any atom is 0.269 e. The summed E-state index contributed by atoms with van der Waals surface area (Å²) in [5.41, 5.74) is 4.85. The molecule has 0 atom stereocenters. The van der Waals surface area contributed by atoms with Crippen LogP contribution in [0.25, 0.3) is 11.2 Å². The number of imidazole rings is 1. The number of nitrogens with one attached hydrogen (secondary N) is 1. The average Bonchev–Trinajstić information content (AvgIpc) is 3.43. The summed E-state index contributed by atoms with van der Waals surface area (Å²) >= 11 is 6.40. The highest BCUT2D eigenvalue weighted by molar-refractivity contribution is 6.31. The van der Waals surface area contributed by atoms with Crippen LogP contribution in [-0.4, -0.2) is 61.4 Å². The molecule has 1 N–H and O–H groups in total. The van der Waals surface area contributed by atoms with Crippen LogP contribution in [0, 0.1) is 17.0 Å². The smallest absolute Gasteiger partial charge is 0.269 e. The first-order chi connectivity index (χ1) is 20.9. The van der Waals surface area contributed by atoms with Crippen molar-refractivity contribution in [2.24, 2.45) is 0 Å². The average molecular weight is 597 g/mol. The number of hydrogen-bond acceptors (Lipinski definition) is 8. The lowest BCUT2D eigenvalue weighted by Crippen LogP contribution is -2.49. The monoisotopic (exact) mass is 596 g/mol. The number of nitro groups is 1. The molecule has 0 radical (unpaired) electrons. The second-order valence-corrected chi connectivity index (χ2v) is 10.8. The van der Waals surface area contributed by atoms with E-state index in [0.717, 1.165) is 16.7 Å². The van der Waals surface area contributed by atoms with Crippen LogP contribution in [0.1, 0.15) is 27.0 Å². The Hall–Kier alpha value is -5.03. The topological polar surface area (TPSA) is 122 Å². The van der Waals surface area contributed by atoms with E-state index in [2.05, 4.69) is 15.2 Å². The van der Waals surface area contributed by atoms with Crippen LogP contribution in [0.4, 0.5) is 17.5 Å². The number of hydrogen-bond donors (Lipinski definition) is 1. The maximum absolute atomic E-state index is 13.1. The summed E-state index contributed by atoms with van der Waals surface area (Å²) in [5, 5.41) is 15.1. The molecule has 1 amide bonds. The third kappa shape index (κ3) is 6.12. The molecule has 3 heterocycles. The molecule has 2 aromatic heterocycles. The van der Waals surface area contributed by atoms with Gasteiger partial charge < -0.3 is 19.7 Å². The van der Waals surface area contributed by atoms with Crippen molar-refractivity contribution in [3.8, 4) is 0 Å². The van der Waals surface area contributed by atoms with Crippen LogP contribution in [-0.2, 0) is 13.1 Å². The number of benzene rings is 3. The molecule has 1 aliphatic heterocycles. The van der Waals surface area contributed by atoms with E-state index in [1.165, 1.54) is 12.1 Å². The third-order valence-corrected chi connectivity index (χ3v) is 7.87. The molecule has 5 aromatic rings. The van der Waals surface area contributed by atoms with Gasteiger partial charge in [0.05, 0.1) is 17.8 Å². The predicted molar refractivity (Wildman–Crippen MR) is 166 cm³/mol. The summed E-state index contributed by atoms with van der Waals surface area (Å²) in [6.45, 7) is 5.09. The number of nitrogens with zero attached hydrogens (tertiary/aromatic N) is 7. The molecule has 6 rings (SSSR count). The maximum atomic E-state index is 13.1. The van der Waals surface area contributed by atoms with Gasteiger partial charge in [-0.3, -0.25) is 14.9 Å². The zero-order valence-electron chi connectivity index (χ0n) is 23.5. The number of aryl methyl sites for hydroxylation is 1. The van der Waals surface area contributed by atoms with Crippen molar-refractivity contribution in [3.05, 3.63) is 117 Å². The van der Waals surface area contributed by atoms with Crippen molar-refractivity contribution in [3.63, 3.8) is 0 Å². The number of amides is 1. The Morgan fingerprint density at radius 3 is 2.40 bits per heavy atom. The van der Waals surface area contributed by atoms with Crippen molar-refractivity contribution in [1.29, 1.82) is 0 Å². The van der Waals surface area contributed by atoms with Crippen molar-refractivity contribution < 1.29 is 9.72 Å². The van der Waals surface area contributed by atoms with Crippen molar-refractivity contribution in [2.45, 2.75) is 20.0 Å². The Labute approximate surface area is 252 Å². The summed E-state index contributed by atoms with van der Waals surface area (Å²) in [4.78, 5) is 42.1. The van der Waals surface area contributed by atoms with E-state index in [-0.39, 0.29) is 11.6 Å². The molecule has 1 aliphatic rings. The van der Waals surface area contributed by atoms with Gasteiger partial charge in [0.25, 0.3) is 11.6 Å². The van der Waals surface area contributed by atoms with Gasteiger partial charge in [-0.1, -0.05) is 59.6 Å². The van der Waals surface area contributed by atoms with Gasteiger partial charge in [0.15, 0.2) is 17.0 Å². The number of nitro benzene ring substituents is 1. The third-order valence-electron chi connectivity index (χ3n) is 7.50. The summed E-state index contributed by atoms with van der Waals surface area (Å²) in [6.07, 6.45) is 1.70. The lowest BCUT2D eigenvalue weighted by molar-refractivity contribution is -0.384. The Morgan fingerprint density at radius 2 is 1.70 bits per heavy atom. The van der Waals surface area contributed by atoms with E-state index in [9.17, 15) is 14.9 Å². The summed E-state index contributed by atoms with van der Waals surface area (Å²) < 4.78 is 1.90. The number of piperazine rings is 1. The fourth-order valence-electron chi connectivity index (χ4n) is 5.04. The molecule has 218 valence electrons. The summed E-state index contributed by atoms with van der Waals surface area (Å²) in [7, 11) is 0. The van der Waals surface area contributed by atoms with Crippen LogP contribution in [0.15, 0.2) is 79.1 Å². The van der Waals surface area contributed by atoms with Gasteiger partial charge >= 0.3 is 0 Å². The Balaban J connectivity index is 1.27. The second-order valence-electron chi connectivity index (χ2n) is 10.4. The molecule has 11 nitrogen and oxygen atoms in total. The molecule has 0 unspecified atom stereocenters. The van der Waals surface area contributed by atoms with Crippen molar-refractivity contribution in [1.82, 2.24) is 24.4 Å². The van der Waals surface area contributed by atoms with E-state index < -0.39 is 4.92 Å². The van der Waals surface area contributed by atoms with Crippen molar-refractivity contribution >= 4 is 46.1 Å². The standard InChI is InChI=1S/C31H29ClN8O3/c1-21-6-10-23(11-7-21)30(41)37-14-16-38(17-15-37)31-35-28(33-18-24-4-2-3-5-26(24)32)27-29(36-31)39(20-34-27)19-22-8-12-25(13-9-22)40(42)43/h2-13,20H,14-19H2,1H3,(H,33,35,36). The van der Waals surface area contributed by atoms with E-state index >= 15 is 0 Å². The molecular weight excluding hydrogens is 568 g/mol. The number of halogens is 1. The number of aromatic nitrogens is 4. The minimum absolute atomic E-state index is 0.0132. The minimum atomic E-state index is -0.416. The number of anilines is 2. The first kappa shape index (κ1) is 28.1. The molecule has 0 saturated carbocycles. The molecule has 1 fully saturated rings. The van der Waals surface area contributed by atoms with Crippen LogP contribution in [0.5, 0.6) is 0 Å². The van der Waals surface area contributed by atoms with E-state index in [1.54, 1.807) is 18.5 Å². The van der Waals surface area contributed by atoms with Crippen LogP contribution in [0.2, 0.25) is 5.02 Å². The molecular formula is C31H29ClN8O3. The number of carbonyl (C=O) groups excluding carboxylic acids is 1. The largest absolute Gasteiger partial charge is 0.364 e. The zero-order chi connectivity index (χ0) is 29.9. The number of non-ortho nitro benzene ring substituents is 1. The van der Waals surface area contributed by atoms with Gasteiger partial charge in [0, 0.05) is 55.4 Å². The van der Waals surface area contributed by atoms with Gasteiger partial charge in [-0.15, -0.1) is 0 Å². The predicted octanol–water partition coefficient (Wildman–Crippen LogP) is 5.32. The Morgan fingerprint density at radius 1 is 0.977 bits per heavy atom. The number of carbonyl (C=O) groups is 1. The first-order valence-corrected chi connectivity index (χ1v) is 14.3. The van der Waals surface area contributed by atoms with Crippen molar-refractivity contribution in [2.75, 3.05) is 36.4 Å². The normalized spacial score (nSPS) is 13.3. The lowest BCUT2D eigenvalue weighted by Gasteiger charge is -2.35. The molecule has 0 bridgehead atoms. The van der Waals surface area contributed by atoms with Gasteiger partial charge in [-0.2, -0.15) is 9.97 Å². The highest BCUT2D eigenvalue weighted by Crippen LogP contribution is 2.26. The van der Waals surface area contributed by atoms with E-state index in [0.29, 0.717) is 72.8 Å². The first-order valence-electron chi connectivity index (χ1n) is 13.9. The quantitative estimate of drug-likeness (QED) is 0.189. The molecule has 0 spiro atoms. The van der Waals surface area contributed by atoms with Gasteiger partial charge in [-0.05, 0) is 36.2 Å². The van der Waals surface area contributed by atoms with Gasteiger partial charge in [0.1, 0.15) is 0 Å². The SMILES string of the molecule is Cc1ccc(C(=O)N2CCN(c3nc(NCc4ccccc4Cl)c4ncn(Cc5ccc([N+](=O)[O-])cc5)c4n3)CC2)cc1. The van der Waals surface area contributed by atoms with Gasteiger partial charge in [-0.25, -0.2) is 4.98 Å². The van der Waals surface area contributed by atoms with E-state index in [4.69, 9.17) is 21.6 Å². The number of fused-ring (bicyclic) bond motifs is 1. The lowest BCUT2D eigenvalue weighted by atomic mass is 10.1. The number of rotatable bonds is 8. The Kier molecular flexibility index (Phi) is 7.89. The molecule has 43 heavy (non-hydrogen) atoms.